The maximum atomic E-state index is 12.2. The fourth-order valence-electron chi connectivity index (χ4n) is 2.86. The van der Waals surface area contributed by atoms with E-state index in [-0.39, 0.29) is 5.71 Å². The smallest absolute Gasteiger partial charge is 0.360 e. The Bertz CT molecular complexity index is 793. The van der Waals surface area contributed by atoms with Crippen LogP contribution in [-0.4, -0.2) is 44.0 Å². The molecule has 0 radical (unpaired) electrons. The van der Waals surface area contributed by atoms with Gasteiger partial charge in [0, 0.05) is 18.7 Å². The lowest BCUT2D eigenvalue weighted by Gasteiger charge is -2.21. The molecule has 0 aliphatic rings. The number of esters is 1. The van der Waals surface area contributed by atoms with Gasteiger partial charge in [0.25, 0.3) is 0 Å². The van der Waals surface area contributed by atoms with Gasteiger partial charge in [0.15, 0.2) is 10.8 Å². The zero-order chi connectivity index (χ0) is 19.8. The number of hydrogen-bond donors (Lipinski definition) is 0. The molecule has 1 aromatic carbocycles. The highest BCUT2D eigenvalue weighted by Crippen LogP contribution is 2.33. The Hall–Kier alpha value is -2.15. The molecule has 0 bridgehead atoms. The minimum absolute atomic E-state index is 0.138. The first-order chi connectivity index (χ1) is 13.0. The van der Waals surface area contributed by atoms with Crippen molar-refractivity contribution in [3.8, 4) is 0 Å². The Balaban J connectivity index is 2.54. The zero-order valence-electron chi connectivity index (χ0n) is 16.9. The monoisotopic (exact) mass is 391 g/mol. The molecule has 6 nitrogen and oxygen atoms in total. The number of methoxy groups -OCH3 is 1. The van der Waals surface area contributed by atoms with Crippen LogP contribution >= 0.6 is 11.3 Å². The Morgan fingerprint density at radius 3 is 2.41 bits per heavy atom. The largest absolute Gasteiger partial charge is 0.464 e. The van der Waals surface area contributed by atoms with E-state index >= 15 is 0 Å². The number of nitrogens with zero attached hydrogens (tertiary/aromatic N) is 3. The summed E-state index contributed by atoms with van der Waals surface area (Å²) in [6.45, 7) is 8.36. The number of carbonyl (C=O) groups excluding carboxylic acids is 1. The van der Waals surface area contributed by atoms with Gasteiger partial charge in [0.2, 0.25) is 0 Å². The first-order valence-corrected chi connectivity index (χ1v) is 10.2. The number of hydrogen-bond acceptors (Lipinski definition) is 7. The van der Waals surface area contributed by atoms with Gasteiger partial charge in [-0.25, -0.2) is 9.78 Å². The van der Waals surface area contributed by atoms with E-state index in [9.17, 15) is 4.79 Å². The first kappa shape index (κ1) is 21.2. The Labute approximate surface area is 165 Å². The van der Waals surface area contributed by atoms with Crippen molar-refractivity contribution in [1.29, 1.82) is 0 Å². The summed E-state index contributed by atoms with van der Waals surface area (Å²) in [5, 5.41) is 4.89. The van der Waals surface area contributed by atoms with Crippen LogP contribution in [0.1, 0.15) is 50.7 Å². The predicted octanol–water partition coefficient (Wildman–Crippen LogP) is 4.53. The lowest BCUT2D eigenvalue weighted by Crippen LogP contribution is -2.25. The number of carbonyl (C=O) groups is 1. The number of ether oxygens (including phenoxy) is 1. The standard InChI is InChI=1S/C20H29N3O3S/c1-6-8-10-23(11-9-7-2)20-21-17-15(12-14(3)13-16(17)27-20)18(22-26-5)19(24)25-4/h12-13H,6-11H2,1-5H3/b22-18+. The molecular weight excluding hydrogens is 362 g/mol. The van der Waals surface area contributed by atoms with Crippen LogP contribution in [0.25, 0.3) is 10.2 Å². The number of benzene rings is 1. The number of fused-ring (bicyclic) bond motifs is 1. The lowest BCUT2D eigenvalue weighted by atomic mass is 10.1. The summed E-state index contributed by atoms with van der Waals surface area (Å²) in [4.78, 5) is 24.3. The van der Waals surface area contributed by atoms with Crippen LogP contribution in [-0.2, 0) is 14.4 Å². The highest BCUT2D eigenvalue weighted by molar-refractivity contribution is 7.22. The molecule has 0 aliphatic heterocycles. The second-order valence-corrected chi connectivity index (χ2v) is 7.47. The van der Waals surface area contributed by atoms with Gasteiger partial charge >= 0.3 is 5.97 Å². The molecule has 7 heteroatoms. The molecule has 0 saturated carbocycles. The van der Waals surface area contributed by atoms with Crippen molar-refractivity contribution in [1.82, 2.24) is 4.98 Å². The molecule has 148 valence electrons. The number of rotatable bonds is 10. The van der Waals surface area contributed by atoms with Crippen LogP contribution in [0.4, 0.5) is 5.13 Å². The van der Waals surface area contributed by atoms with Gasteiger partial charge in [-0.05, 0) is 37.5 Å². The van der Waals surface area contributed by atoms with Gasteiger partial charge in [0.05, 0.1) is 17.3 Å². The Morgan fingerprint density at radius 1 is 1.19 bits per heavy atom. The van der Waals surface area contributed by atoms with E-state index in [2.05, 4.69) is 30.0 Å². The van der Waals surface area contributed by atoms with Gasteiger partial charge in [0.1, 0.15) is 7.11 Å². The van der Waals surface area contributed by atoms with Crippen molar-refractivity contribution < 1.29 is 14.4 Å². The number of oxime groups is 1. The number of anilines is 1. The van der Waals surface area contributed by atoms with E-state index in [1.165, 1.54) is 14.2 Å². The molecule has 0 N–H and O–H groups in total. The molecule has 0 amide bonds. The molecule has 0 unspecified atom stereocenters. The van der Waals surface area contributed by atoms with Crippen LogP contribution in [0, 0.1) is 6.92 Å². The summed E-state index contributed by atoms with van der Waals surface area (Å²) < 4.78 is 5.92. The number of aryl methyl sites for hydroxylation is 1. The minimum Gasteiger partial charge on any atom is -0.464 e. The average Bonchev–Trinajstić information content (AvgIpc) is 3.08. The summed E-state index contributed by atoms with van der Waals surface area (Å²) in [5.41, 5.74) is 2.58. The van der Waals surface area contributed by atoms with Crippen molar-refractivity contribution in [2.75, 3.05) is 32.2 Å². The van der Waals surface area contributed by atoms with Crippen LogP contribution in [0.15, 0.2) is 17.3 Å². The molecule has 0 spiro atoms. The third-order valence-electron chi connectivity index (χ3n) is 4.28. The maximum absolute atomic E-state index is 12.2. The third kappa shape index (κ3) is 5.19. The summed E-state index contributed by atoms with van der Waals surface area (Å²) in [6, 6.07) is 4.00. The van der Waals surface area contributed by atoms with Crippen molar-refractivity contribution >= 4 is 38.4 Å². The van der Waals surface area contributed by atoms with Crippen molar-refractivity contribution in [2.24, 2.45) is 5.16 Å². The normalized spacial score (nSPS) is 11.7. The number of thiazole rings is 1. The maximum Gasteiger partial charge on any atom is 0.360 e. The third-order valence-corrected chi connectivity index (χ3v) is 5.34. The van der Waals surface area contributed by atoms with Crippen LogP contribution < -0.4 is 4.90 Å². The Morgan fingerprint density at radius 2 is 1.85 bits per heavy atom. The topological polar surface area (TPSA) is 64.0 Å². The number of aromatic nitrogens is 1. The summed E-state index contributed by atoms with van der Waals surface area (Å²) in [6.07, 6.45) is 4.55. The first-order valence-electron chi connectivity index (χ1n) is 9.41. The highest BCUT2D eigenvalue weighted by Gasteiger charge is 2.22. The van der Waals surface area contributed by atoms with Gasteiger partial charge in [-0.2, -0.15) is 0 Å². The van der Waals surface area contributed by atoms with E-state index in [0.717, 1.165) is 59.7 Å². The number of unbranched alkanes of at least 4 members (excludes halogenated alkanes) is 2. The molecule has 0 atom stereocenters. The lowest BCUT2D eigenvalue weighted by molar-refractivity contribution is -0.132. The molecule has 0 saturated heterocycles. The predicted molar refractivity (Wildman–Crippen MR) is 112 cm³/mol. The van der Waals surface area contributed by atoms with Crippen molar-refractivity contribution in [3.05, 3.63) is 23.3 Å². The summed E-state index contributed by atoms with van der Waals surface area (Å²) >= 11 is 1.66. The second kappa shape index (κ2) is 10.3. The van der Waals surface area contributed by atoms with Crippen LogP contribution in [0.5, 0.6) is 0 Å². The molecule has 2 rings (SSSR count). The SMILES string of the molecule is CCCCN(CCCC)c1nc2c(/C(=N\OC)C(=O)OC)cc(C)cc2s1. The zero-order valence-corrected chi connectivity index (χ0v) is 17.7. The van der Waals surface area contributed by atoms with E-state index in [1.807, 2.05) is 13.0 Å². The highest BCUT2D eigenvalue weighted by atomic mass is 32.1. The van der Waals surface area contributed by atoms with Gasteiger partial charge < -0.3 is 14.5 Å². The fourth-order valence-corrected chi connectivity index (χ4v) is 4.00. The van der Waals surface area contributed by atoms with E-state index in [0.29, 0.717) is 5.56 Å². The van der Waals surface area contributed by atoms with E-state index < -0.39 is 5.97 Å². The molecule has 0 aliphatic carbocycles. The molecule has 2 aromatic rings. The van der Waals surface area contributed by atoms with Gasteiger partial charge in [-0.15, -0.1) is 0 Å². The van der Waals surface area contributed by atoms with Crippen molar-refractivity contribution in [2.45, 2.75) is 46.5 Å². The molecule has 0 fully saturated rings. The molecule has 1 aromatic heterocycles. The van der Waals surface area contributed by atoms with Crippen molar-refractivity contribution in [3.63, 3.8) is 0 Å². The Kier molecular flexibility index (Phi) is 8.03. The molecule has 1 heterocycles. The van der Waals surface area contributed by atoms with Gasteiger partial charge in [-0.1, -0.05) is 43.2 Å². The summed E-state index contributed by atoms with van der Waals surface area (Å²) in [5.74, 6) is -0.535. The van der Waals surface area contributed by atoms with E-state index in [1.54, 1.807) is 11.3 Å². The second-order valence-electron chi connectivity index (χ2n) is 6.46. The van der Waals surface area contributed by atoms with E-state index in [4.69, 9.17) is 14.6 Å². The van der Waals surface area contributed by atoms with Crippen LogP contribution in [0.2, 0.25) is 0 Å². The average molecular weight is 392 g/mol. The van der Waals surface area contributed by atoms with Gasteiger partial charge in [-0.3, -0.25) is 0 Å². The fraction of sp³-hybridized carbons (Fsp3) is 0.550. The quantitative estimate of drug-likeness (QED) is 0.338. The summed E-state index contributed by atoms with van der Waals surface area (Å²) in [7, 11) is 2.75. The molecule has 27 heavy (non-hydrogen) atoms. The van der Waals surface area contributed by atoms with Crippen LogP contribution in [0.3, 0.4) is 0 Å². The molecular formula is C20H29N3O3S. The minimum atomic E-state index is -0.535.